The zero-order chi connectivity index (χ0) is 24.3. The van der Waals surface area contributed by atoms with Crippen molar-refractivity contribution in [3.05, 3.63) is 81.1 Å². The Labute approximate surface area is 207 Å². The van der Waals surface area contributed by atoms with E-state index in [-0.39, 0.29) is 11.6 Å². The van der Waals surface area contributed by atoms with Crippen LogP contribution in [0.4, 0.5) is 5.69 Å². The number of nitrogens with zero attached hydrogens (tertiary/aromatic N) is 5. The molecule has 0 saturated carbocycles. The molecule has 1 atom stereocenters. The number of aromatic nitrogens is 5. The number of rotatable bonds is 4. The van der Waals surface area contributed by atoms with E-state index in [1.54, 1.807) is 12.3 Å². The third kappa shape index (κ3) is 3.58. The lowest BCUT2D eigenvalue weighted by Crippen LogP contribution is -2.27. The number of anilines is 1. The van der Waals surface area contributed by atoms with Crippen LogP contribution in [-0.2, 0) is 13.1 Å². The highest BCUT2D eigenvalue weighted by Gasteiger charge is 2.23. The lowest BCUT2D eigenvalue weighted by molar-refractivity contribution is 0.485. The van der Waals surface area contributed by atoms with Gasteiger partial charge in [0.05, 0.1) is 17.6 Å². The molecule has 5 heterocycles. The van der Waals surface area contributed by atoms with Gasteiger partial charge in [0.2, 0.25) is 0 Å². The van der Waals surface area contributed by atoms with E-state index in [0.717, 1.165) is 75.1 Å². The molecule has 1 aliphatic rings. The minimum atomic E-state index is -0.105. The van der Waals surface area contributed by atoms with Crippen LogP contribution in [0.5, 0.6) is 0 Å². The predicted molar refractivity (Wildman–Crippen MR) is 140 cm³/mol. The Bertz CT molecular complexity index is 1690. The number of nitrogens with one attached hydrogen (secondary N) is 1. The second-order valence-corrected chi connectivity index (χ2v) is 9.66. The second-order valence-electron chi connectivity index (χ2n) is 9.27. The monoisotopic (exact) mass is 484 g/mol. The maximum Gasteiger partial charge on any atom is 0.260 e. The lowest BCUT2D eigenvalue weighted by atomic mass is 9.95. The molecular weight excluding hydrogens is 460 g/mol. The summed E-state index contributed by atoms with van der Waals surface area (Å²) in [6.07, 6.45) is 4.59. The van der Waals surface area contributed by atoms with Crippen molar-refractivity contribution in [3.63, 3.8) is 0 Å². The molecule has 0 fully saturated rings. The zero-order valence-corrected chi connectivity index (χ0v) is 20.6. The van der Waals surface area contributed by atoms with E-state index >= 15 is 0 Å². The highest BCUT2D eigenvalue weighted by atomic mass is 35.5. The first-order valence-electron chi connectivity index (χ1n) is 11.8. The normalized spacial score (nSPS) is 13.9. The van der Waals surface area contributed by atoms with E-state index in [4.69, 9.17) is 11.6 Å². The molecule has 7 nitrogen and oxygen atoms in total. The second kappa shape index (κ2) is 8.20. The molecule has 6 rings (SSSR count). The van der Waals surface area contributed by atoms with Crippen LogP contribution in [0.25, 0.3) is 33.1 Å². The highest BCUT2D eigenvalue weighted by molar-refractivity contribution is 6.29. The minimum absolute atomic E-state index is 0.0483. The van der Waals surface area contributed by atoms with Gasteiger partial charge in [0.15, 0.2) is 0 Å². The van der Waals surface area contributed by atoms with Crippen LogP contribution >= 0.6 is 11.6 Å². The van der Waals surface area contributed by atoms with Crippen molar-refractivity contribution in [1.82, 2.24) is 24.3 Å². The number of hydrogen-bond acceptors (Lipinski definition) is 5. The van der Waals surface area contributed by atoms with Gasteiger partial charge in [-0.1, -0.05) is 17.7 Å². The summed E-state index contributed by atoms with van der Waals surface area (Å²) in [4.78, 5) is 22.4. The summed E-state index contributed by atoms with van der Waals surface area (Å²) in [6, 6.07) is 11.7. The number of hydrogen-bond donors (Lipinski definition) is 1. The van der Waals surface area contributed by atoms with Crippen LogP contribution < -0.4 is 10.9 Å². The quantitative estimate of drug-likeness (QED) is 0.333. The molecule has 0 bridgehead atoms. The first-order chi connectivity index (χ1) is 16.9. The third-order valence-electron chi connectivity index (χ3n) is 6.75. The summed E-state index contributed by atoms with van der Waals surface area (Å²) >= 11 is 6.28. The third-order valence-corrected chi connectivity index (χ3v) is 6.96. The predicted octanol–water partition coefficient (Wildman–Crippen LogP) is 5.66. The molecule has 176 valence electrons. The van der Waals surface area contributed by atoms with Gasteiger partial charge in [0.1, 0.15) is 10.8 Å². The minimum Gasteiger partial charge on any atom is -0.377 e. The fourth-order valence-corrected chi connectivity index (χ4v) is 5.38. The van der Waals surface area contributed by atoms with E-state index in [0.29, 0.717) is 5.15 Å². The van der Waals surface area contributed by atoms with Gasteiger partial charge >= 0.3 is 0 Å². The van der Waals surface area contributed by atoms with Crippen LogP contribution in [0.2, 0.25) is 5.15 Å². The Morgan fingerprint density at radius 2 is 1.94 bits per heavy atom. The Morgan fingerprint density at radius 1 is 1.09 bits per heavy atom. The molecule has 0 saturated heterocycles. The lowest BCUT2D eigenvalue weighted by Gasteiger charge is -2.22. The van der Waals surface area contributed by atoms with Gasteiger partial charge in [0.25, 0.3) is 5.56 Å². The molecule has 1 aromatic carbocycles. The topological polar surface area (TPSA) is 77.6 Å². The van der Waals surface area contributed by atoms with Crippen molar-refractivity contribution in [1.29, 1.82) is 0 Å². The van der Waals surface area contributed by atoms with Gasteiger partial charge in [0, 0.05) is 52.7 Å². The first-order valence-corrected chi connectivity index (χ1v) is 12.2. The van der Waals surface area contributed by atoms with Gasteiger partial charge in [-0.05, 0) is 68.7 Å². The van der Waals surface area contributed by atoms with E-state index in [1.807, 2.05) is 53.6 Å². The fraction of sp³-hybridized carbons (Fsp3) is 0.259. The fourth-order valence-electron chi connectivity index (χ4n) is 5.23. The Morgan fingerprint density at radius 3 is 2.77 bits per heavy atom. The van der Waals surface area contributed by atoms with Crippen molar-refractivity contribution in [3.8, 4) is 11.3 Å². The molecule has 0 spiro atoms. The first kappa shape index (κ1) is 21.8. The Kier molecular flexibility index (Phi) is 5.11. The van der Waals surface area contributed by atoms with Crippen LogP contribution in [0.1, 0.15) is 36.2 Å². The summed E-state index contributed by atoms with van der Waals surface area (Å²) in [6.45, 7) is 7.65. The molecule has 0 aliphatic carbocycles. The van der Waals surface area contributed by atoms with Crippen molar-refractivity contribution in [2.75, 3.05) is 5.32 Å². The van der Waals surface area contributed by atoms with Crippen molar-refractivity contribution in [2.24, 2.45) is 0 Å². The van der Waals surface area contributed by atoms with Gasteiger partial charge in [-0.25, -0.2) is 9.67 Å². The SMILES string of the molecule is Cc1cc(C(C)Nc2ccc(Cl)nc2-c2ccnc(C)c2)c2c(c1)c(=O)n1c3c2cnn3CCC1. The molecular formula is C27H25ClN6O. The van der Waals surface area contributed by atoms with Crippen molar-refractivity contribution < 1.29 is 0 Å². The Hall–Kier alpha value is -3.71. The van der Waals surface area contributed by atoms with Crippen LogP contribution in [0, 0.1) is 13.8 Å². The van der Waals surface area contributed by atoms with Gasteiger partial charge in [-0.3, -0.25) is 14.3 Å². The molecule has 1 aliphatic heterocycles. The summed E-state index contributed by atoms with van der Waals surface area (Å²) in [7, 11) is 0. The molecule has 5 aromatic rings. The van der Waals surface area contributed by atoms with Crippen molar-refractivity contribution >= 4 is 39.1 Å². The van der Waals surface area contributed by atoms with Gasteiger partial charge in [-0.2, -0.15) is 5.10 Å². The number of aryl methyl sites for hydroxylation is 4. The average Bonchev–Trinajstić information content (AvgIpc) is 3.28. The van der Waals surface area contributed by atoms with Crippen LogP contribution in [0.3, 0.4) is 0 Å². The van der Waals surface area contributed by atoms with E-state index in [2.05, 4.69) is 33.4 Å². The van der Waals surface area contributed by atoms with Crippen molar-refractivity contribution in [2.45, 2.75) is 46.3 Å². The van der Waals surface area contributed by atoms with E-state index in [9.17, 15) is 4.79 Å². The molecule has 1 unspecified atom stereocenters. The number of halogens is 1. The maximum absolute atomic E-state index is 13.5. The van der Waals surface area contributed by atoms with Gasteiger partial charge in [-0.15, -0.1) is 0 Å². The van der Waals surface area contributed by atoms with E-state index < -0.39 is 0 Å². The van der Waals surface area contributed by atoms with E-state index in [1.165, 1.54) is 0 Å². The Balaban J connectivity index is 1.52. The number of fused-ring (bicyclic) bond motifs is 2. The maximum atomic E-state index is 13.5. The summed E-state index contributed by atoms with van der Waals surface area (Å²) < 4.78 is 3.83. The molecule has 35 heavy (non-hydrogen) atoms. The number of benzene rings is 1. The summed E-state index contributed by atoms with van der Waals surface area (Å²) in [5.41, 5.74) is 6.54. The van der Waals surface area contributed by atoms with Crippen LogP contribution in [-0.4, -0.2) is 24.3 Å². The summed E-state index contributed by atoms with van der Waals surface area (Å²) in [5, 5.41) is 11.4. The number of pyridine rings is 3. The smallest absolute Gasteiger partial charge is 0.260 e. The van der Waals surface area contributed by atoms with Crippen LogP contribution in [0.15, 0.2) is 53.6 Å². The molecule has 0 amide bonds. The average molecular weight is 485 g/mol. The van der Waals surface area contributed by atoms with Gasteiger partial charge < -0.3 is 5.32 Å². The molecule has 1 N–H and O–H groups in total. The zero-order valence-electron chi connectivity index (χ0n) is 19.8. The molecule has 4 aromatic heterocycles. The summed E-state index contributed by atoms with van der Waals surface area (Å²) in [5.74, 6) is 0. The highest BCUT2D eigenvalue weighted by Crippen LogP contribution is 2.35. The molecule has 0 radical (unpaired) electrons. The standard InChI is InChI=1S/C27H25ClN6O/c1-15-11-19(24-20(12-15)27(35)33-9-4-10-34-26(33)21(24)14-30-34)17(3)31-22-5-6-23(28)32-25(22)18-7-8-29-16(2)13-18/h5-8,11-14,17,31H,4,9-10H2,1-3H3. The molecule has 8 heteroatoms. The largest absolute Gasteiger partial charge is 0.377 e.